The Bertz CT molecular complexity index is 1520. The molecule has 0 radical (unpaired) electrons. The van der Waals surface area contributed by atoms with Crippen molar-refractivity contribution in [2.75, 3.05) is 5.32 Å². The second-order valence-corrected chi connectivity index (χ2v) is 11.2. The zero-order chi connectivity index (χ0) is 31.5. The molecule has 4 aromatic rings. The van der Waals surface area contributed by atoms with Crippen LogP contribution in [0.25, 0.3) is 0 Å². The summed E-state index contributed by atoms with van der Waals surface area (Å²) in [5, 5.41) is 3.37. The topological polar surface area (TPSA) is 39.7 Å². The van der Waals surface area contributed by atoms with Crippen LogP contribution >= 0.6 is 0 Å². The van der Waals surface area contributed by atoms with Gasteiger partial charge in [-0.1, -0.05) is 60.7 Å². The Balaban J connectivity index is 1.46. The first kappa shape index (κ1) is 31.4. The van der Waals surface area contributed by atoms with Gasteiger partial charge in [-0.25, -0.2) is 0 Å². The SMILES string of the molecule is CC1(C)Oc2ccc(NCc3ccccc3)cc2C(OCc2ccccc2)C1OCc1cc(C(F)(F)F)cc(C(F)(F)F)c1. The van der Waals surface area contributed by atoms with Crippen molar-refractivity contribution in [3.63, 3.8) is 0 Å². The summed E-state index contributed by atoms with van der Waals surface area (Å²) < 4.78 is 99.8. The van der Waals surface area contributed by atoms with Crippen LogP contribution in [0.3, 0.4) is 0 Å². The Kier molecular flexibility index (Phi) is 8.95. The molecule has 1 heterocycles. The monoisotopic (exact) mass is 615 g/mol. The zero-order valence-electron chi connectivity index (χ0n) is 24.0. The Hall–Kier alpha value is -4.02. The van der Waals surface area contributed by atoms with Crippen LogP contribution in [0.4, 0.5) is 32.0 Å². The van der Waals surface area contributed by atoms with E-state index in [0.29, 0.717) is 30.0 Å². The molecule has 5 rings (SSSR count). The van der Waals surface area contributed by atoms with Crippen LogP contribution in [0.2, 0.25) is 0 Å². The molecule has 10 heteroatoms. The molecule has 0 aliphatic carbocycles. The molecule has 44 heavy (non-hydrogen) atoms. The maximum atomic E-state index is 13.5. The van der Waals surface area contributed by atoms with Gasteiger partial charge < -0.3 is 19.5 Å². The number of alkyl halides is 6. The first-order valence-corrected chi connectivity index (χ1v) is 14.0. The average Bonchev–Trinajstić information content (AvgIpc) is 2.98. The summed E-state index contributed by atoms with van der Waals surface area (Å²) in [6.45, 7) is 3.70. The Morgan fingerprint density at radius 3 is 1.84 bits per heavy atom. The van der Waals surface area contributed by atoms with Gasteiger partial charge in [0, 0.05) is 17.8 Å². The second-order valence-electron chi connectivity index (χ2n) is 11.2. The third kappa shape index (κ3) is 7.54. The van der Waals surface area contributed by atoms with E-state index in [2.05, 4.69) is 5.32 Å². The third-order valence-corrected chi connectivity index (χ3v) is 7.34. The van der Waals surface area contributed by atoms with E-state index >= 15 is 0 Å². The van der Waals surface area contributed by atoms with Crippen LogP contribution in [0.5, 0.6) is 5.75 Å². The highest BCUT2D eigenvalue weighted by molar-refractivity contribution is 5.54. The molecule has 0 fully saturated rings. The number of benzene rings is 4. The number of halogens is 6. The van der Waals surface area contributed by atoms with Gasteiger partial charge in [0.15, 0.2) is 0 Å². The zero-order valence-corrected chi connectivity index (χ0v) is 24.0. The van der Waals surface area contributed by atoms with E-state index in [0.717, 1.165) is 16.8 Å². The number of rotatable bonds is 9. The predicted octanol–water partition coefficient (Wildman–Crippen LogP) is 9.35. The fourth-order valence-corrected chi connectivity index (χ4v) is 5.16. The normalized spacial score (nSPS) is 17.9. The van der Waals surface area contributed by atoms with Crippen molar-refractivity contribution in [1.29, 1.82) is 0 Å². The molecular formula is C34H31F6NO3. The largest absolute Gasteiger partial charge is 0.485 e. The van der Waals surface area contributed by atoms with Gasteiger partial charge in [-0.2, -0.15) is 26.3 Å². The van der Waals surface area contributed by atoms with Gasteiger partial charge in [0.1, 0.15) is 23.6 Å². The van der Waals surface area contributed by atoms with E-state index in [1.807, 2.05) is 78.9 Å². The predicted molar refractivity (Wildman–Crippen MR) is 154 cm³/mol. The van der Waals surface area contributed by atoms with Crippen LogP contribution in [0.15, 0.2) is 97.1 Å². The fourth-order valence-electron chi connectivity index (χ4n) is 5.16. The molecule has 0 bridgehead atoms. The summed E-state index contributed by atoms with van der Waals surface area (Å²) in [6, 6.07) is 26.2. The quantitative estimate of drug-likeness (QED) is 0.191. The van der Waals surface area contributed by atoms with Gasteiger partial charge in [-0.3, -0.25) is 0 Å². The van der Waals surface area contributed by atoms with E-state index in [9.17, 15) is 26.3 Å². The summed E-state index contributed by atoms with van der Waals surface area (Å²) in [4.78, 5) is 0. The minimum absolute atomic E-state index is 0.100. The Morgan fingerprint density at radius 2 is 1.25 bits per heavy atom. The Morgan fingerprint density at radius 1 is 0.682 bits per heavy atom. The first-order chi connectivity index (χ1) is 20.8. The van der Waals surface area contributed by atoms with Gasteiger partial charge in [0.05, 0.1) is 24.3 Å². The lowest BCUT2D eigenvalue weighted by molar-refractivity contribution is -0.171. The summed E-state index contributed by atoms with van der Waals surface area (Å²) in [5.74, 6) is 0.539. The van der Waals surface area contributed by atoms with Crippen molar-refractivity contribution in [3.05, 3.63) is 130 Å². The molecule has 0 amide bonds. The fraction of sp³-hybridized carbons (Fsp3) is 0.294. The smallest absolute Gasteiger partial charge is 0.416 e. The van der Waals surface area contributed by atoms with Crippen LogP contribution in [0.1, 0.15) is 53.3 Å². The number of hydrogen-bond acceptors (Lipinski definition) is 4. The summed E-state index contributed by atoms with van der Waals surface area (Å²) in [6.07, 6.45) is -11.6. The van der Waals surface area contributed by atoms with Crippen molar-refractivity contribution in [3.8, 4) is 5.75 Å². The molecule has 0 spiro atoms. The van der Waals surface area contributed by atoms with E-state index in [1.165, 1.54) is 0 Å². The van der Waals surface area contributed by atoms with Gasteiger partial charge in [-0.05, 0) is 66.9 Å². The summed E-state index contributed by atoms with van der Waals surface area (Å²) in [7, 11) is 0. The highest BCUT2D eigenvalue weighted by Crippen LogP contribution is 2.45. The van der Waals surface area contributed by atoms with Crippen molar-refractivity contribution in [2.24, 2.45) is 0 Å². The number of hydrogen-bond donors (Lipinski definition) is 1. The van der Waals surface area contributed by atoms with Crippen molar-refractivity contribution < 1.29 is 40.6 Å². The maximum absolute atomic E-state index is 13.5. The summed E-state index contributed by atoms with van der Waals surface area (Å²) >= 11 is 0. The molecule has 2 unspecified atom stereocenters. The minimum Gasteiger partial charge on any atom is -0.485 e. The third-order valence-electron chi connectivity index (χ3n) is 7.34. The molecular weight excluding hydrogens is 584 g/mol. The van der Waals surface area contributed by atoms with E-state index in [-0.39, 0.29) is 18.2 Å². The molecule has 4 nitrogen and oxygen atoms in total. The molecule has 1 N–H and O–H groups in total. The van der Waals surface area contributed by atoms with Gasteiger partial charge in [-0.15, -0.1) is 0 Å². The number of ether oxygens (including phenoxy) is 3. The molecule has 232 valence electrons. The molecule has 0 aromatic heterocycles. The maximum Gasteiger partial charge on any atom is 0.416 e. The Labute approximate surface area is 251 Å². The minimum atomic E-state index is -4.97. The van der Waals surface area contributed by atoms with Crippen molar-refractivity contribution in [1.82, 2.24) is 0 Å². The molecule has 0 saturated heterocycles. The molecule has 0 saturated carbocycles. The van der Waals surface area contributed by atoms with E-state index in [4.69, 9.17) is 14.2 Å². The lowest BCUT2D eigenvalue weighted by Gasteiger charge is -2.44. The van der Waals surface area contributed by atoms with Gasteiger partial charge in [0.25, 0.3) is 0 Å². The van der Waals surface area contributed by atoms with Crippen LogP contribution in [-0.4, -0.2) is 11.7 Å². The lowest BCUT2D eigenvalue weighted by Crippen LogP contribution is -2.51. The van der Waals surface area contributed by atoms with Crippen molar-refractivity contribution in [2.45, 2.75) is 63.8 Å². The van der Waals surface area contributed by atoms with Gasteiger partial charge in [0.2, 0.25) is 0 Å². The second kappa shape index (κ2) is 12.5. The molecule has 1 aliphatic rings. The van der Waals surface area contributed by atoms with Crippen LogP contribution in [0, 0.1) is 0 Å². The average molecular weight is 616 g/mol. The molecule has 4 aromatic carbocycles. The van der Waals surface area contributed by atoms with Crippen LogP contribution in [-0.2, 0) is 41.6 Å². The van der Waals surface area contributed by atoms with E-state index < -0.39 is 47.9 Å². The van der Waals surface area contributed by atoms with Crippen LogP contribution < -0.4 is 10.1 Å². The molecule has 1 aliphatic heterocycles. The highest BCUT2D eigenvalue weighted by atomic mass is 19.4. The first-order valence-electron chi connectivity index (χ1n) is 14.0. The standard InChI is InChI=1S/C34H31F6NO3/c1-32(2)31(43-21-24-15-25(33(35,36)37)17-26(16-24)34(38,39)40)30(42-20-23-11-7-4-8-12-23)28-18-27(13-14-29(28)44-32)41-19-22-9-5-3-6-10-22/h3-18,30-31,41H,19-21H2,1-2H3. The van der Waals surface area contributed by atoms with Gasteiger partial charge >= 0.3 is 12.4 Å². The highest BCUT2D eigenvalue weighted by Gasteiger charge is 2.46. The number of fused-ring (bicyclic) bond motifs is 1. The van der Waals surface area contributed by atoms with E-state index in [1.54, 1.807) is 13.8 Å². The summed E-state index contributed by atoms with van der Waals surface area (Å²) in [5.41, 5.74) is -0.763. The lowest BCUT2D eigenvalue weighted by atomic mass is 9.87. The van der Waals surface area contributed by atoms with Crippen molar-refractivity contribution >= 4 is 5.69 Å². The number of anilines is 1. The molecule has 2 atom stereocenters. The number of nitrogens with one attached hydrogen (secondary N) is 1.